The average molecular weight is 224 g/mol. The van der Waals surface area contributed by atoms with E-state index in [0.29, 0.717) is 12.3 Å². The molecule has 0 aliphatic carbocycles. The summed E-state index contributed by atoms with van der Waals surface area (Å²) in [4.78, 5) is 1.79. The Balaban J connectivity index is 2.34. The minimum Gasteiger partial charge on any atom is -0.375 e. The van der Waals surface area contributed by atoms with Crippen molar-refractivity contribution in [3.8, 4) is 0 Å². The average Bonchev–Trinajstić information content (AvgIpc) is 2.29. The molecule has 88 valence electrons. The molecule has 2 rings (SSSR count). The van der Waals surface area contributed by atoms with Crippen LogP contribution in [0.1, 0.15) is 11.7 Å². The standard InChI is InChI=1S/C12H17FN2O/c1-15(2)12-9(4-3-5-10(12)13)11-8-14-6-7-16-11/h3-5,11,14H,6-8H2,1-2H3. The fourth-order valence-corrected chi connectivity index (χ4v) is 2.03. The maximum absolute atomic E-state index is 13.7. The Hall–Kier alpha value is -1.13. The Morgan fingerprint density at radius 1 is 1.44 bits per heavy atom. The molecule has 1 aromatic rings. The molecule has 1 aromatic carbocycles. The number of rotatable bonds is 2. The summed E-state index contributed by atoms with van der Waals surface area (Å²) in [5, 5.41) is 3.25. The van der Waals surface area contributed by atoms with E-state index in [4.69, 9.17) is 4.74 Å². The summed E-state index contributed by atoms with van der Waals surface area (Å²) in [6, 6.07) is 5.14. The number of nitrogens with zero attached hydrogens (tertiary/aromatic N) is 1. The monoisotopic (exact) mass is 224 g/mol. The fourth-order valence-electron chi connectivity index (χ4n) is 2.03. The van der Waals surface area contributed by atoms with Crippen molar-refractivity contribution in [3.63, 3.8) is 0 Å². The van der Waals surface area contributed by atoms with E-state index in [1.807, 2.05) is 20.2 Å². The molecular formula is C12H17FN2O. The van der Waals surface area contributed by atoms with Gasteiger partial charge in [0, 0.05) is 32.7 Å². The largest absolute Gasteiger partial charge is 0.375 e. The zero-order chi connectivity index (χ0) is 11.5. The number of morpholine rings is 1. The summed E-state index contributed by atoms with van der Waals surface area (Å²) in [5.41, 5.74) is 1.54. The third-order valence-corrected chi connectivity index (χ3v) is 2.74. The van der Waals surface area contributed by atoms with Gasteiger partial charge in [0.05, 0.1) is 18.4 Å². The molecule has 4 heteroatoms. The van der Waals surface area contributed by atoms with Crippen LogP contribution in [0, 0.1) is 5.82 Å². The number of hydrogen-bond acceptors (Lipinski definition) is 3. The molecule has 0 radical (unpaired) electrons. The summed E-state index contributed by atoms with van der Waals surface area (Å²) < 4.78 is 19.4. The van der Waals surface area contributed by atoms with Crippen LogP contribution < -0.4 is 10.2 Å². The summed E-state index contributed by atoms with van der Waals surface area (Å²) in [7, 11) is 3.69. The fraction of sp³-hybridized carbons (Fsp3) is 0.500. The molecule has 0 spiro atoms. The molecule has 1 aliphatic rings. The molecule has 3 nitrogen and oxygen atoms in total. The zero-order valence-corrected chi connectivity index (χ0v) is 9.66. The molecule has 1 aliphatic heterocycles. The highest BCUT2D eigenvalue weighted by Gasteiger charge is 2.21. The topological polar surface area (TPSA) is 24.5 Å². The number of benzene rings is 1. The summed E-state index contributed by atoms with van der Waals surface area (Å²) in [6.45, 7) is 2.28. The second-order valence-electron chi connectivity index (χ2n) is 4.14. The van der Waals surface area contributed by atoms with E-state index < -0.39 is 0 Å². The quantitative estimate of drug-likeness (QED) is 0.825. The van der Waals surface area contributed by atoms with E-state index in [2.05, 4.69) is 5.32 Å². The first-order valence-corrected chi connectivity index (χ1v) is 5.48. The number of para-hydroxylation sites is 1. The van der Waals surface area contributed by atoms with Crippen molar-refractivity contribution in [2.75, 3.05) is 38.7 Å². The second kappa shape index (κ2) is 4.80. The number of nitrogens with one attached hydrogen (secondary N) is 1. The molecular weight excluding hydrogens is 207 g/mol. The normalized spacial score (nSPS) is 20.8. The lowest BCUT2D eigenvalue weighted by atomic mass is 10.0. The van der Waals surface area contributed by atoms with Gasteiger partial charge in [0.25, 0.3) is 0 Å². The maximum atomic E-state index is 13.7. The maximum Gasteiger partial charge on any atom is 0.146 e. The molecule has 0 aromatic heterocycles. The van der Waals surface area contributed by atoms with Gasteiger partial charge in [-0.2, -0.15) is 0 Å². The lowest BCUT2D eigenvalue weighted by Crippen LogP contribution is -2.34. The molecule has 1 fully saturated rings. The number of ether oxygens (including phenoxy) is 1. The first kappa shape index (κ1) is 11.4. The van der Waals surface area contributed by atoms with Gasteiger partial charge in [-0.05, 0) is 6.07 Å². The summed E-state index contributed by atoms with van der Waals surface area (Å²) in [6.07, 6.45) is -0.0538. The summed E-state index contributed by atoms with van der Waals surface area (Å²) in [5.74, 6) is -0.198. The Kier molecular flexibility index (Phi) is 3.41. The van der Waals surface area contributed by atoms with E-state index in [9.17, 15) is 4.39 Å². The van der Waals surface area contributed by atoms with Crippen LogP contribution in [0.25, 0.3) is 0 Å². The molecule has 1 atom stereocenters. The van der Waals surface area contributed by atoms with Crippen LogP contribution in [0.15, 0.2) is 18.2 Å². The third kappa shape index (κ3) is 2.18. The zero-order valence-electron chi connectivity index (χ0n) is 9.66. The van der Waals surface area contributed by atoms with Crippen molar-refractivity contribution in [1.82, 2.24) is 5.32 Å². The first-order chi connectivity index (χ1) is 7.70. The number of hydrogen-bond donors (Lipinski definition) is 1. The van der Waals surface area contributed by atoms with Crippen LogP contribution in [0.3, 0.4) is 0 Å². The number of halogens is 1. The van der Waals surface area contributed by atoms with Gasteiger partial charge in [-0.1, -0.05) is 12.1 Å². The van der Waals surface area contributed by atoms with E-state index >= 15 is 0 Å². The lowest BCUT2D eigenvalue weighted by Gasteiger charge is -2.28. The Morgan fingerprint density at radius 3 is 2.88 bits per heavy atom. The van der Waals surface area contributed by atoms with Gasteiger partial charge in [0.15, 0.2) is 0 Å². The lowest BCUT2D eigenvalue weighted by molar-refractivity contribution is 0.0278. The van der Waals surface area contributed by atoms with Crippen molar-refractivity contribution in [2.24, 2.45) is 0 Å². The molecule has 1 N–H and O–H groups in total. The van der Waals surface area contributed by atoms with Crippen LogP contribution in [0.4, 0.5) is 10.1 Å². The highest BCUT2D eigenvalue weighted by atomic mass is 19.1. The molecule has 1 unspecified atom stereocenters. The third-order valence-electron chi connectivity index (χ3n) is 2.74. The van der Waals surface area contributed by atoms with Crippen molar-refractivity contribution in [2.45, 2.75) is 6.10 Å². The van der Waals surface area contributed by atoms with Gasteiger partial charge in [-0.25, -0.2) is 4.39 Å². The van der Waals surface area contributed by atoms with Crippen molar-refractivity contribution in [3.05, 3.63) is 29.6 Å². The molecule has 0 bridgehead atoms. The number of anilines is 1. The van der Waals surface area contributed by atoms with Crippen LogP contribution in [-0.4, -0.2) is 33.8 Å². The van der Waals surface area contributed by atoms with Crippen molar-refractivity contribution in [1.29, 1.82) is 0 Å². The molecule has 0 amide bonds. The van der Waals surface area contributed by atoms with Crippen molar-refractivity contribution >= 4 is 5.69 Å². The van der Waals surface area contributed by atoms with Crippen LogP contribution in [-0.2, 0) is 4.74 Å². The van der Waals surface area contributed by atoms with Gasteiger partial charge in [0.1, 0.15) is 5.82 Å². The van der Waals surface area contributed by atoms with Crippen LogP contribution in [0.5, 0.6) is 0 Å². The molecule has 16 heavy (non-hydrogen) atoms. The van der Waals surface area contributed by atoms with Gasteiger partial charge in [0.2, 0.25) is 0 Å². The van der Waals surface area contributed by atoms with Crippen LogP contribution >= 0.6 is 0 Å². The van der Waals surface area contributed by atoms with Gasteiger partial charge < -0.3 is 15.0 Å². The molecule has 0 saturated carbocycles. The predicted octanol–water partition coefficient (Wildman–Crippen LogP) is 1.55. The van der Waals surface area contributed by atoms with Crippen LogP contribution in [0.2, 0.25) is 0 Å². The van der Waals surface area contributed by atoms with Gasteiger partial charge in [-0.15, -0.1) is 0 Å². The minimum atomic E-state index is -0.198. The minimum absolute atomic E-state index is 0.0538. The van der Waals surface area contributed by atoms with Gasteiger partial charge in [-0.3, -0.25) is 0 Å². The Morgan fingerprint density at radius 2 is 2.25 bits per heavy atom. The predicted molar refractivity (Wildman–Crippen MR) is 62.3 cm³/mol. The van der Waals surface area contributed by atoms with Gasteiger partial charge >= 0.3 is 0 Å². The SMILES string of the molecule is CN(C)c1c(F)cccc1C1CNCCO1. The van der Waals surface area contributed by atoms with E-state index in [1.54, 1.807) is 11.0 Å². The highest BCUT2D eigenvalue weighted by Crippen LogP contribution is 2.30. The first-order valence-electron chi connectivity index (χ1n) is 5.48. The Bertz CT molecular complexity index is 362. The smallest absolute Gasteiger partial charge is 0.146 e. The molecule has 1 heterocycles. The van der Waals surface area contributed by atoms with Crippen molar-refractivity contribution < 1.29 is 9.13 Å². The second-order valence-corrected chi connectivity index (χ2v) is 4.14. The van der Waals surface area contributed by atoms with E-state index in [1.165, 1.54) is 6.07 Å². The van der Waals surface area contributed by atoms with E-state index in [-0.39, 0.29) is 11.9 Å². The summed E-state index contributed by atoms with van der Waals surface area (Å²) >= 11 is 0. The Labute approximate surface area is 95.2 Å². The highest BCUT2D eigenvalue weighted by molar-refractivity contribution is 5.55. The molecule has 1 saturated heterocycles. The van der Waals surface area contributed by atoms with E-state index in [0.717, 1.165) is 18.7 Å².